The Kier molecular flexibility index (Phi) is 3.50. The lowest BCUT2D eigenvalue weighted by atomic mass is 10.3. The highest BCUT2D eigenvalue weighted by atomic mass is 16.2. The summed E-state index contributed by atoms with van der Waals surface area (Å²) in [4.78, 5) is 33.9. The fourth-order valence-corrected chi connectivity index (χ4v) is 2.17. The van der Waals surface area contributed by atoms with Gasteiger partial charge in [0.1, 0.15) is 11.3 Å². The lowest BCUT2D eigenvalue weighted by Crippen LogP contribution is -2.23. The van der Waals surface area contributed by atoms with E-state index in [2.05, 4.69) is 25.4 Å². The van der Waals surface area contributed by atoms with Crippen LogP contribution < -0.4 is 10.9 Å². The molecule has 0 bridgehead atoms. The van der Waals surface area contributed by atoms with Gasteiger partial charge < -0.3 is 15.3 Å². The Morgan fingerprint density at radius 3 is 2.95 bits per heavy atom. The number of amides is 1. The number of nitrogens with one attached hydrogen (secondary N) is 3. The molecule has 0 fully saturated rings. The molecule has 0 radical (unpaired) electrons. The van der Waals surface area contributed by atoms with Crippen molar-refractivity contribution in [2.75, 3.05) is 0 Å². The summed E-state index contributed by atoms with van der Waals surface area (Å²) >= 11 is 0. The van der Waals surface area contributed by atoms with Crippen LogP contribution in [0.1, 0.15) is 34.6 Å². The molecule has 0 aliphatic rings. The molecule has 0 aliphatic heterocycles. The Hall–Kier alpha value is -2.90. The van der Waals surface area contributed by atoms with E-state index in [-0.39, 0.29) is 17.2 Å². The molecule has 0 aromatic carbocycles. The van der Waals surface area contributed by atoms with Crippen LogP contribution in [-0.4, -0.2) is 30.5 Å². The van der Waals surface area contributed by atoms with E-state index < -0.39 is 0 Å². The van der Waals surface area contributed by atoms with E-state index in [0.29, 0.717) is 17.8 Å². The third-order valence-corrected chi connectivity index (χ3v) is 3.28. The predicted octanol–water partition coefficient (Wildman–Crippen LogP) is 0.547. The van der Waals surface area contributed by atoms with Gasteiger partial charge >= 0.3 is 0 Å². The molecular weight excluding hydrogens is 284 g/mol. The number of nitrogens with zero attached hydrogens (tertiary/aromatic N) is 3. The van der Waals surface area contributed by atoms with E-state index in [4.69, 9.17) is 0 Å². The maximum Gasteiger partial charge on any atom is 0.274 e. The monoisotopic (exact) mass is 300 g/mol. The number of aromatic amines is 2. The Balaban J connectivity index is 1.77. The molecule has 3 rings (SSSR count). The number of imidazole rings is 1. The lowest BCUT2D eigenvalue weighted by Gasteiger charge is -2.00. The first-order valence-corrected chi connectivity index (χ1v) is 6.97. The Morgan fingerprint density at radius 2 is 2.23 bits per heavy atom. The molecule has 8 heteroatoms. The number of aryl methyl sites for hydroxylation is 2. The zero-order valence-electron chi connectivity index (χ0n) is 12.3. The van der Waals surface area contributed by atoms with Crippen LogP contribution in [0.15, 0.2) is 23.3 Å². The van der Waals surface area contributed by atoms with Gasteiger partial charge in [0.2, 0.25) is 0 Å². The fourth-order valence-electron chi connectivity index (χ4n) is 2.17. The summed E-state index contributed by atoms with van der Waals surface area (Å²) in [6, 6.07) is 1.47. The summed E-state index contributed by atoms with van der Waals surface area (Å²) in [6.45, 7) is 4.08. The van der Waals surface area contributed by atoms with E-state index >= 15 is 0 Å². The molecule has 114 valence electrons. The minimum absolute atomic E-state index is 0.200. The minimum Gasteiger partial charge on any atom is -0.345 e. The second-order valence-corrected chi connectivity index (χ2v) is 5.02. The molecule has 3 heterocycles. The first kappa shape index (κ1) is 14.1. The number of fused-ring (bicyclic) bond motifs is 1. The molecule has 3 aromatic rings. The summed E-state index contributed by atoms with van der Waals surface area (Å²) in [5.74, 6) is 0.535. The highest BCUT2D eigenvalue weighted by Crippen LogP contribution is 2.03. The van der Waals surface area contributed by atoms with Gasteiger partial charge in [-0.3, -0.25) is 9.59 Å². The fraction of sp³-hybridized carbons (Fsp3) is 0.286. The minimum atomic E-state index is -0.339. The number of H-pyrrole nitrogens is 2. The van der Waals surface area contributed by atoms with Gasteiger partial charge in [-0.1, -0.05) is 6.92 Å². The van der Waals surface area contributed by atoms with Gasteiger partial charge in [-0.25, -0.2) is 9.50 Å². The van der Waals surface area contributed by atoms with Gasteiger partial charge in [0.15, 0.2) is 5.69 Å². The second-order valence-electron chi connectivity index (χ2n) is 5.02. The average molecular weight is 300 g/mol. The predicted molar refractivity (Wildman–Crippen MR) is 79.7 cm³/mol. The van der Waals surface area contributed by atoms with Crippen molar-refractivity contribution in [1.82, 2.24) is 29.9 Å². The molecule has 0 saturated heterocycles. The maximum atomic E-state index is 12.1. The summed E-state index contributed by atoms with van der Waals surface area (Å²) in [5.41, 5.74) is 1.77. The number of hydrogen-bond acceptors (Lipinski definition) is 4. The quantitative estimate of drug-likeness (QED) is 0.653. The first-order valence-electron chi connectivity index (χ1n) is 6.97. The molecule has 8 nitrogen and oxygen atoms in total. The van der Waals surface area contributed by atoms with Crippen LogP contribution in [0.25, 0.3) is 5.52 Å². The number of aromatic nitrogens is 5. The van der Waals surface area contributed by atoms with Gasteiger partial charge in [0, 0.05) is 24.4 Å². The Labute approximate surface area is 125 Å². The highest BCUT2D eigenvalue weighted by Gasteiger charge is 2.13. The van der Waals surface area contributed by atoms with E-state index in [1.807, 2.05) is 6.92 Å². The number of carbonyl (C=O) groups is 1. The zero-order chi connectivity index (χ0) is 15.7. The third kappa shape index (κ3) is 2.62. The van der Waals surface area contributed by atoms with Crippen LogP contribution in [0.2, 0.25) is 0 Å². The topological polar surface area (TPSA) is 108 Å². The first-order chi connectivity index (χ1) is 10.6. The van der Waals surface area contributed by atoms with Crippen LogP contribution in [-0.2, 0) is 13.0 Å². The zero-order valence-corrected chi connectivity index (χ0v) is 12.3. The van der Waals surface area contributed by atoms with Crippen molar-refractivity contribution < 1.29 is 4.79 Å². The maximum absolute atomic E-state index is 12.1. The van der Waals surface area contributed by atoms with Crippen molar-refractivity contribution in [1.29, 1.82) is 0 Å². The van der Waals surface area contributed by atoms with E-state index in [9.17, 15) is 9.59 Å². The van der Waals surface area contributed by atoms with Gasteiger partial charge in [-0.15, -0.1) is 0 Å². The molecule has 0 aliphatic carbocycles. The van der Waals surface area contributed by atoms with E-state index in [0.717, 1.165) is 17.9 Å². The van der Waals surface area contributed by atoms with Crippen molar-refractivity contribution in [3.63, 3.8) is 0 Å². The molecule has 0 unspecified atom stereocenters. The Bertz CT molecular complexity index is 888. The van der Waals surface area contributed by atoms with Crippen molar-refractivity contribution >= 4 is 11.4 Å². The molecule has 0 spiro atoms. The summed E-state index contributed by atoms with van der Waals surface area (Å²) in [6.07, 6.45) is 4.16. The van der Waals surface area contributed by atoms with Crippen LogP contribution in [0.5, 0.6) is 0 Å². The smallest absolute Gasteiger partial charge is 0.274 e. The van der Waals surface area contributed by atoms with Crippen LogP contribution in [0.3, 0.4) is 0 Å². The molecule has 0 atom stereocenters. The van der Waals surface area contributed by atoms with Crippen molar-refractivity contribution in [3.8, 4) is 0 Å². The van der Waals surface area contributed by atoms with Gasteiger partial charge in [-0.2, -0.15) is 5.10 Å². The van der Waals surface area contributed by atoms with Crippen molar-refractivity contribution in [2.45, 2.75) is 26.8 Å². The van der Waals surface area contributed by atoms with Crippen LogP contribution in [0, 0.1) is 6.92 Å². The molecule has 3 N–H and O–H groups in total. The van der Waals surface area contributed by atoms with Crippen molar-refractivity contribution in [3.05, 3.63) is 51.7 Å². The normalized spacial score (nSPS) is 11.0. The SMILES string of the molecule is CCc1ncc(CNC(=O)c2cc3c(=O)[nH]c(C)cn3n2)[nH]1. The molecule has 3 aromatic heterocycles. The average Bonchev–Trinajstić information content (AvgIpc) is 3.10. The van der Waals surface area contributed by atoms with Crippen molar-refractivity contribution in [2.24, 2.45) is 0 Å². The number of carbonyl (C=O) groups excluding carboxylic acids is 1. The highest BCUT2D eigenvalue weighted by molar-refractivity contribution is 5.93. The summed E-state index contributed by atoms with van der Waals surface area (Å²) in [5, 5.41) is 6.88. The second kappa shape index (κ2) is 5.47. The largest absolute Gasteiger partial charge is 0.345 e. The molecule has 1 amide bonds. The summed E-state index contributed by atoms with van der Waals surface area (Å²) < 4.78 is 1.41. The molecular formula is C14H16N6O2. The summed E-state index contributed by atoms with van der Waals surface area (Å²) in [7, 11) is 0. The third-order valence-electron chi connectivity index (χ3n) is 3.28. The van der Waals surface area contributed by atoms with Crippen LogP contribution in [0.4, 0.5) is 0 Å². The Morgan fingerprint density at radius 1 is 1.41 bits per heavy atom. The number of hydrogen-bond donors (Lipinski definition) is 3. The van der Waals surface area contributed by atoms with Gasteiger partial charge in [-0.05, 0) is 6.92 Å². The molecule has 22 heavy (non-hydrogen) atoms. The number of rotatable bonds is 4. The van der Waals surface area contributed by atoms with E-state index in [1.165, 1.54) is 10.6 Å². The van der Waals surface area contributed by atoms with Crippen LogP contribution >= 0.6 is 0 Å². The molecule has 0 saturated carbocycles. The van der Waals surface area contributed by atoms with E-state index in [1.54, 1.807) is 19.3 Å². The van der Waals surface area contributed by atoms with Gasteiger partial charge in [0.25, 0.3) is 11.5 Å². The van der Waals surface area contributed by atoms with Gasteiger partial charge in [0.05, 0.1) is 18.4 Å². The lowest BCUT2D eigenvalue weighted by molar-refractivity contribution is 0.0945. The standard InChI is InChI=1S/C14H16N6O2/c1-3-12-15-5-9(18-12)6-16-13(21)10-4-11-14(22)17-8(2)7-20(11)19-10/h4-5,7H,3,6H2,1-2H3,(H,15,18)(H,16,21)(H,17,22).